The number of ether oxygens (including phenoxy) is 1. The molecule has 0 aliphatic carbocycles. The molecule has 1 N–H and O–H groups in total. The number of nitriles is 1. The van der Waals surface area contributed by atoms with Crippen LogP contribution in [0.3, 0.4) is 0 Å². The van der Waals surface area contributed by atoms with Crippen molar-refractivity contribution in [2.24, 2.45) is 5.92 Å². The summed E-state index contributed by atoms with van der Waals surface area (Å²) in [5.74, 6) is -0.331. The summed E-state index contributed by atoms with van der Waals surface area (Å²) < 4.78 is 4.83. The molecule has 0 bridgehead atoms. The third-order valence-electron chi connectivity index (χ3n) is 1.92. The fraction of sp³-hybridized carbons (Fsp3) is 0.889. The maximum absolute atomic E-state index is 9.76. The minimum absolute atomic E-state index is 0.214. The molecular formula is C9H17NO2. The molecule has 3 heteroatoms. The molecule has 0 spiro atoms. The summed E-state index contributed by atoms with van der Waals surface area (Å²) in [7, 11) is 1.52. The molecule has 0 aliphatic rings. The first-order valence-electron chi connectivity index (χ1n) is 4.19. The number of hydrogen-bond acceptors (Lipinski definition) is 3. The van der Waals surface area contributed by atoms with E-state index in [1.54, 1.807) is 6.92 Å². The molecule has 12 heavy (non-hydrogen) atoms. The van der Waals surface area contributed by atoms with Gasteiger partial charge in [-0.3, -0.25) is 0 Å². The van der Waals surface area contributed by atoms with Gasteiger partial charge in [0.15, 0.2) is 0 Å². The number of aliphatic hydroxyl groups is 1. The third kappa shape index (κ3) is 3.21. The van der Waals surface area contributed by atoms with Crippen molar-refractivity contribution in [3.05, 3.63) is 0 Å². The van der Waals surface area contributed by atoms with E-state index in [4.69, 9.17) is 10.00 Å². The zero-order chi connectivity index (χ0) is 9.61. The highest BCUT2D eigenvalue weighted by Crippen LogP contribution is 2.21. The van der Waals surface area contributed by atoms with E-state index >= 15 is 0 Å². The van der Waals surface area contributed by atoms with Gasteiger partial charge in [0.25, 0.3) is 0 Å². The van der Waals surface area contributed by atoms with Crippen LogP contribution in [0.15, 0.2) is 0 Å². The SMILES string of the molecule is CCCC(C#N)C(C)(O)COC. The summed E-state index contributed by atoms with van der Waals surface area (Å²) in [4.78, 5) is 0. The highest BCUT2D eigenvalue weighted by atomic mass is 16.5. The molecule has 0 aromatic rings. The van der Waals surface area contributed by atoms with Crippen LogP contribution in [-0.2, 0) is 4.74 Å². The van der Waals surface area contributed by atoms with Gasteiger partial charge in [-0.05, 0) is 13.3 Å². The fourth-order valence-corrected chi connectivity index (χ4v) is 1.20. The molecule has 0 amide bonds. The second-order valence-corrected chi connectivity index (χ2v) is 3.26. The zero-order valence-corrected chi connectivity index (χ0v) is 8.00. The number of methoxy groups -OCH3 is 1. The van der Waals surface area contributed by atoms with Gasteiger partial charge < -0.3 is 9.84 Å². The maximum Gasteiger partial charge on any atom is 0.101 e. The normalized spacial score (nSPS) is 17.9. The van der Waals surface area contributed by atoms with E-state index in [0.29, 0.717) is 6.42 Å². The van der Waals surface area contributed by atoms with Gasteiger partial charge in [-0.1, -0.05) is 13.3 Å². The fourth-order valence-electron chi connectivity index (χ4n) is 1.20. The van der Waals surface area contributed by atoms with Crippen LogP contribution >= 0.6 is 0 Å². The van der Waals surface area contributed by atoms with E-state index in [9.17, 15) is 5.11 Å². The Morgan fingerprint density at radius 3 is 2.58 bits per heavy atom. The number of hydrogen-bond donors (Lipinski definition) is 1. The molecule has 2 unspecified atom stereocenters. The van der Waals surface area contributed by atoms with Crippen molar-refractivity contribution < 1.29 is 9.84 Å². The van der Waals surface area contributed by atoms with Crippen molar-refractivity contribution in [2.75, 3.05) is 13.7 Å². The molecule has 0 aliphatic heterocycles. The van der Waals surface area contributed by atoms with Crippen molar-refractivity contribution in [1.82, 2.24) is 0 Å². The lowest BCUT2D eigenvalue weighted by molar-refractivity contribution is -0.0464. The Labute approximate surface area is 74.0 Å². The van der Waals surface area contributed by atoms with Crippen LogP contribution in [-0.4, -0.2) is 24.4 Å². The van der Waals surface area contributed by atoms with Crippen LogP contribution in [0.2, 0.25) is 0 Å². The summed E-state index contributed by atoms with van der Waals surface area (Å²) >= 11 is 0. The van der Waals surface area contributed by atoms with Crippen LogP contribution in [0.1, 0.15) is 26.7 Å². The van der Waals surface area contributed by atoms with Gasteiger partial charge in [0.1, 0.15) is 5.60 Å². The van der Waals surface area contributed by atoms with Gasteiger partial charge >= 0.3 is 0 Å². The van der Waals surface area contributed by atoms with Gasteiger partial charge in [0, 0.05) is 7.11 Å². The quantitative estimate of drug-likeness (QED) is 0.678. The van der Waals surface area contributed by atoms with E-state index < -0.39 is 5.60 Å². The van der Waals surface area contributed by atoms with E-state index in [0.717, 1.165) is 6.42 Å². The van der Waals surface area contributed by atoms with E-state index in [-0.39, 0.29) is 12.5 Å². The van der Waals surface area contributed by atoms with Crippen LogP contribution in [0.5, 0.6) is 0 Å². The summed E-state index contributed by atoms with van der Waals surface area (Å²) in [5.41, 5.74) is -1.01. The first-order chi connectivity index (χ1) is 5.58. The Bertz CT molecular complexity index is 160. The average molecular weight is 171 g/mol. The average Bonchev–Trinajstić information content (AvgIpc) is 1.99. The Morgan fingerprint density at radius 2 is 2.25 bits per heavy atom. The van der Waals surface area contributed by atoms with Crippen molar-refractivity contribution in [3.8, 4) is 6.07 Å². The summed E-state index contributed by atoms with van der Waals surface area (Å²) in [5, 5.41) is 18.5. The van der Waals surface area contributed by atoms with Crippen molar-refractivity contribution in [3.63, 3.8) is 0 Å². The highest BCUT2D eigenvalue weighted by Gasteiger charge is 2.31. The smallest absolute Gasteiger partial charge is 0.101 e. The Balaban J connectivity index is 4.17. The monoisotopic (exact) mass is 171 g/mol. The number of rotatable bonds is 5. The van der Waals surface area contributed by atoms with Crippen LogP contribution in [0, 0.1) is 17.2 Å². The van der Waals surface area contributed by atoms with Crippen molar-refractivity contribution >= 4 is 0 Å². The van der Waals surface area contributed by atoms with Gasteiger partial charge in [-0.2, -0.15) is 5.26 Å². The molecule has 70 valence electrons. The number of nitrogens with zero attached hydrogens (tertiary/aromatic N) is 1. The van der Waals surface area contributed by atoms with Crippen molar-refractivity contribution in [1.29, 1.82) is 5.26 Å². The molecule has 0 rings (SSSR count). The summed E-state index contributed by atoms with van der Waals surface area (Å²) in [6.45, 7) is 3.85. The largest absolute Gasteiger partial charge is 0.386 e. The summed E-state index contributed by atoms with van der Waals surface area (Å²) in [6, 6.07) is 2.10. The van der Waals surface area contributed by atoms with Crippen molar-refractivity contribution in [2.45, 2.75) is 32.3 Å². The molecule has 0 saturated carbocycles. The Kier molecular flexibility index (Phi) is 4.87. The molecule has 0 aromatic heterocycles. The molecule has 0 radical (unpaired) electrons. The molecule has 0 fully saturated rings. The Morgan fingerprint density at radius 1 is 1.67 bits per heavy atom. The topological polar surface area (TPSA) is 53.2 Å². The molecule has 0 aromatic carbocycles. The lowest BCUT2D eigenvalue weighted by Gasteiger charge is -2.26. The lowest BCUT2D eigenvalue weighted by Crippen LogP contribution is -2.38. The van der Waals surface area contributed by atoms with Gasteiger partial charge in [0.2, 0.25) is 0 Å². The standard InChI is InChI=1S/C9H17NO2/c1-4-5-8(6-10)9(2,11)7-12-3/h8,11H,4-5,7H2,1-3H3. The van der Waals surface area contributed by atoms with Gasteiger partial charge in [-0.25, -0.2) is 0 Å². The van der Waals surface area contributed by atoms with Crippen LogP contribution in [0.25, 0.3) is 0 Å². The zero-order valence-electron chi connectivity index (χ0n) is 8.00. The summed E-state index contributed by atoms with van der Waals surface area (Å²) in [6.07, 6.45) is 1.62. The van der Waals surface area contributed by atoms with E-state index in [1.165, 1.54) is 7.11 Å². The Hall–Kier alpha value is -0.590. The molecular weight excluding hydrogens is 154 g/mol. The minimum Gasteiger partial charge on any atom is -0.386 e. The molecule has 0 heterocycles. The maximum atomic E-state index is 9.76. The second kappa shape index (κ2) is 5.13. The third-order valence-corrected chi connectivity index (χ3v) is 1.92. The minimum atomic E-state index is -1.01. The second-order valence-electron chi connectivity index (χ2n) is 3.26. The first kappa shape index (κ1) is 11.4. The lowest BCUT2D eigenvalue weighted by atomic mass is 9.87. The van der Waals surface area contributed by atoms with E-state index in [1.807, 2.05) is 6.92 Å². The molecule has 3 nitrogen and oxygen atoms in total. The van der Waals surface area contributed by atoms with Gasteiger partial charge in [0.05, 0.1) is 18.6 Å². The molecule has 2 atom stereocenters. The molecule has 0 saturated heterocycles. The van der Waals surface area contributed by atoms with Gasteiger partial charge in [-0.15, -0.1) is 0 Å². The first-order valence-corrected chi connectivity index (χ1v) is 4.19. The van der Waals surface area contributed by atoms with E-state index in [2.05, 4.69) is 6.07 Å². The van der Waals surface area contributed by atoms with Crippen LogP contribution in [0.4, 0.5) is 0 Å². The van der Waals surface area contributed by atoms with Crippen LogP contribution < -0.4 is 0 Å². The predicted octanol–water partition coefficient (Wildman–Crippen LogP) is 1.32. The highest BCUT2D eigenvalue weighted by molar-refractivity contribution is 4.95. The predicted molar refractivity (Wildman–Crippen MR) is 46.5 cm³/mol.